The molecular weight excluding hydrogens is 481 g/mol. The van der Waals surface area contributed by atoms with E-state index < -0.39 is 17.8 Å². The summed E-state index contributed by atoms with van der Waals surface area (Å²) in [7, 11) is 0. The molecule has 0 saturated heterocycles. The van der Waals surface area contributed by atoms with Crippen LogP contribution in [-0.2, 0) is 6.42 Å². The molecule has 1 aliphatic rings. The van der Waals surface area contributed by atoms with Gasteiger partial charge in [0.25, 0.3) is 6.43 Å². The number of allylic oxidation sites excluding steroid dienone is 2. The third-order valence-corrected chi connectivity index (χ3v) is 7.81. The lowest BCUT2D eigenvalue weighted by Gasteiger charge is -2.28. The van der Waals surface area contributed by atoms with Crippen molar-refractivity contribution in [2.24, 2.45) is 11.8 Å². The van der Waals surface area contributed by atoms with E-state index in [-0.39, 0.29) is 11.1 Å². The molecule has 0 atom stereocenters. The first-order valence-corrected chi connectivity index (χ1v) is 14.0. The molecule has 0 N–H and O–H groups in total. The minimum absolute atomic E-state index is 0.192. The highest BCUT2D eigenvalue weighted by molar-refractivity contribution is 5.75. The standard InChI is InChI=1S/C34H39F3O/c1-3-5-6-8-25-13-15-28(16-14-25)31-22-21-30(32(33(31)35)34(36)37)27-17-19-29(20-18-27)38-23-26-11-9-24(7-4-2)10-12-26/h3,5,13-22,24,26,34H,4,6-12,23H2,1-2H3/b5-3+. The van der Waals surface area contributed by atoms with Gasteiger partial charge in [-0.2, -0.15) is 0 Å². The molecule has 3 aromatic carbocycles. The average Bonchev–Trinajstić information content (AvgIpc) is 2.93. The van der Waals surface area contributed by atoms with Crippen molar-refractivity contribution in [1.29, 1.82) is 0 Å². The van der Waals surface area contributed by atoms with Gasteiger partial charge in [0.1, 0.15) is 11.6 Å². The Balaban J connectivity index is 1.45. The average molecular weight is 521 g/mol. The van der Waals surface area contributed by atoms with Gasteiger partial charge >= 0.3 is 0 Å². The van der Waals surface area contributed by atoms with Gasteiger partial charge in [0.2, 0.25) is 0 Å². The van der Waals surface area contributed by atoms with Crippen LogP contribution in [0.15, 0.2) is 72.8 Å². The molecule has 0 aromatic heterocycles. The van der Waals surface area contributed by atoms with E-state index in [9.17, 15) is 8.78 Å². The maximum Gasteiger partial charge on any atom is 0.267 e. The summed E-state index contributed by atoms with van der Waals surface area (Å²) < 4.78 is 49.7. The maximum absolute atomic E-state index is 15.5. The van der Waals surface area contributed by atoms with E-state index in [1.165, 1.54) is 38.5 Å². The van der Waals surface area contributed by atoms with Crippen molar-refractivity contribution in [2.75, 3.05) is 6.61 Å². The molecule has 1 fully saturated rings. The molecule has 0 unspecified atom stereocenters. The zero-order valence-corrected chi connectivity index (χ0v) is 22.6. The van der Waals surface area contributed by atoms with E-state index in [2.05, 4.69) is 13.0 Å². The van der Waals surface area contributed by atoms with Crippen LogP contribution in [0.3, 0.4) is 0 Å². The van der Waals surface area contributed by atoms with Gasteiger partial charge in [-0.3, -0.25) is 0 Å². The molecule has 0 bridgehead atoms. The van der Waals surface area contributed by atoms with Gasteiger partial charge in [0.15, 0.2) is 0 Å². The first-order chi connectivity index (χ1) is 18.5. The van der Waals surface area contributed by atoms with Crippen LogP contribution in [0.1, 0.15) is 76.3 Å². The van der Waals surface area contributed by atoms with E-state index in [1.807, 2.05) is 25.1 Å². The smallest absolute Gasteiger partial charge is 0.267 e. The maximum atomic E-state index is 15.5. The minimum Gasteiger partial charge on any atom is -0.493 e. The summed E-state index contributed by atoms with van der Waals surface area (Å²) in [5.74, 6) is 1.28. The second-order valence-electron chi connectivity index (χ2n) is 10.5. The van der Waals surface area contributed by atoms with E-state index in [0.29, 0.717) is 23.7 Å². The quantitative estimate of drug-likeness (QED) is 0.229. The zero-order valence-electron chi connectivity index (χ0n) is 22.6. The second kappa shape index (κ2) is 13.7. The highest BCUT2D eigenvalue weighted by Crippen LogP contribution is 2.38. The molecule has 4 heteroatoms. The lowest BCUT2D eigenvalue weighted by atomic mass is 9.80. The van der Waals surface area contributed by atoms with E-state index in [4.69, 9.17) is 4.74 Å². The fourth-order valence-electron chi connectivity index (χ4n) is 5.59. The summed E-state index contributed by atoms with van der Waals surface area (Å²) in [4.78, 5) is 0. The number of hydrogen-bond donors (Lipinski definition) is 0. The number of hydrogen-bond acceptors (Lipinski definition) is 1. The SMILES string of the molecule is C/C=C/CCc1ccc(-c2ccc(-c3ccc(OCC4CCC(CCC)CC4)cc3)c(C(F)F)c2F)cc1. The molecular formula is C34H39F3O. The van der Waals surface area contributed by atoms with E-state index in [1.54, 1.807) is 48.5 Å². The molecule has 1 aliphatic carbocycles. The predicted molar refractivity (Wildman–Crippen MR) is 151 cm³/mol. The van der Waals surface area contributed by atoms with Crippen LogP contribution in [0.5, 0.6) is 5.75 Å². The Morgan fingerprint density at radius 1 is 0.842 bits per heavy atom. The van der Waals surface area contributed by atoms with Gasteiger partial charge < -0.3 is 4.74 Å². The summed E-state index contributed by atoms with van der Waals surface area (Å²) in [5.41, 5.74) is 2.13. The first kappa shape index (κ1) is 28.0. The minimum atomic E-state index is -2.93. The van der Waals surface area contributed by atoms with E-state index >= 15 is 4.39 Å². The summed E-state index contributed by atoms with van der Waals surface area (Å²) in [6, 6.07) is 17.8. The molecule has 38 heavy (non-hydrogen) atoms. The van der Waals surface area contributed by atoms with Crippen molar-refractivity contribution in [1.82, 2.24) is 0 Å². The molecule has 1 saturated carbocycles. The molecule has 202 valence electrons. The van der Waals surface area contributed by atoms with Crippen molar-refractivity contribution in [2.45, 2.75) is 71.6 Å². The summed E-state index contributed by atoms with van der Waals surface area (Å²) >= 11 is 0. The van der Waals surface area contributed by atoms with Gasteiger partial charge in [-0.1, -0.05) is 93.3 Å². The molecule has 0 spiro atoms. The number of rotatable bonds is 11. The number of alkyl halides is 2. The zero-order chi connectivity index (χ0) is 26.9. The number of halogens is 3. The van der Waals surface area contributed by atoms with Crippen LogP contribution in [0, 0.1) is 17.7 Å². The third-order valence-electron chi connectivity index (χ3n) is 7.81. The van der Waals surface area contributed by atoms with Crippen LogP contribution in [0.2, 0.25) is 0 Å². The topological polar surface area (TPSA) is 9.23 Å². The Bertz CT molecular complexity index is 1170. The Morgan fingerprint density at radius 3 is 2.08 bits per heavy atom. The third kappa shape index (κ3) is 7.09. The monoisotopic (exact) mass is 520 g/mol. The fourth-order valence-corrected chi connectivity index (χ4v) is 5.59. The highest BCUT2D eigenvalue weighted by atomic mass is 19.3. The van der Waals surface area contributed by atoms with Crippen molar-refractivity contribution >= 4 is 0 Å². The number of ether oxygens (including phenoxy) is 1. The summed E-state index contributed by atoms with van der Waals surface area (Å²) in [6.45, 7) is 4.91. The molecule has 4 rings (SSSR count). The van der Waals surface area contributed by atoms with Crippen LogP contribution < -0.4 is 4.74 Å². The Kier molecular flexibility index (Phi) is 10.1. The van der Waals surface area contributed by atoms with Gasteiger partial charge in [0.05, 0.1) is 12.2 Å². The summed E-state index contributed by atoms with van der Waals surface area (Å²) in [6.07, 6.45) is 10.5. The van der Waals surface area contributed by atoms with Gasteiger partial charge in [0, 0.05) is 5.56 Å². The molecule has 0 heterocycles. The molecule has 0 amide bonds. The molecule has 0 radical (unpaired) electrons. The van der Waals surface area contributed by atoms with Crippen LogP contribution in [0.4, 0.5) is 13.2 Å². The molecule has 3 aromatic rings. The Labute approximate surface area is 225 Å². The second-order valence-corrected chi connectivity index (χ2v) is 10.5. The number of aryl methyl sites for hydroxylation is 1. The normalized spacial score (nSPS) is 17.8. The van der Waals surface area contributed by atoms with Gasteiger partial charge in [-0.15, -0.1) is 0 Å². The lowest BCUT2D eigenvalue weighted by molar-refractivity contribution is 0.147. The van der Waals surface area contributed by atoms with Gasteiger partial charge in [-0.25, -0.2) is 13.2 Å². The van der Waals surface area contributed by atoms with Crippen molar-refractivity contribution < 1.29 is 17.9 Å². The van der Waals surface area contributed by atoms with Crippen LogP contribution in [0.25, 0.3) is 22.3 Å². The Hall–Kier alpha value is -3.01. The Morgan fingerprint density at radius 2 is 1.45 bits per heavy atom. The van der Waals surface area contributed by atoms with E-state index in [0.717, 1.165) is 30.1 Å². The lowest BCUT2D eigenvalue weighted by Crippen LogP contribution is -2.20. The molecule has 0 aliphatic heterocycles. The van der Waals surface area contributed by atoms with Gasteiger partial charge in [-0.05, 0) is 78.8 Å². The largest absolute Gasteiger partial charge is 0.493 e. The van der Waals surface area contributed by atoms with Crippen molar-refractivity contribution in [3.8, 4) is 28.0 Å². The van der Waals surface area contributed by atoms with Crippen LogP contribution >= 0.6 is 0 Å². The van der Waals surface area contributed by atoms with Crippen LogP contribution in [-0.4, -0.2) is 6.61 Å². The summed E-state index contributed by atoms with van der Waals surface area (Å²) in [5, 5.41) is 0. The van der Waals surface area contributed by atoms with Crippen molar-refractivity contribution in [3.05, 3.63) is 89.8 Å². The molecule has 1 nitrogen and oxygen atoms in total. The number of benzene rings is 3. The first-order valence-electron chi connectivity index (χ1n) is 14.0. The fraction of sp³-hybridized carbons (Fsp3) is 0.412. The predicted octanol–water partition coefficient (Wildman–Crippen LogP) is 10.6. The highest BCUT2D eigenvalue weighted by Gasteiger charge is 2.24. The van der Waals surface area contributed by atoms with Crippen molar-refractivity contribution in [3.63, 3.8) is 0 Å².